The molecule has 2 saturated carbocycles. The van der Waals surface area contributed by atoms with Crippen LogP contribution in [0.15, 0.2) is 29.5 Å². The largest absolute Gasteiger partial charge is 0.337 e. The van der Waals surface area contributed by atoms with E-state index in [1.807, 2.05) is 30.2 Å². The van der Waals surface area contributed by atoms with E-state index in [2.05, 4.69) is 15.4 Å². The maximum Gasteiger partial charge on any atom is 0.267 e. The Morgan fingerprint density at radius 2 is 1.96 bits per heavy atom. The number of rotatable bonds is 5. The number of aromatic nitrogens is 4. The van der Waals surface area contributed by atoms with Crippen LogP contribution in [-0.4, -0.2) is 25.4 Å². The van der Waals surface area contributed by atoms with Gasteiger partial charge in [0.1, 0.15) is 0 Å². The van der Waals surface area contributed by atoms with E-state index < -0.39 is 0 Å². The third-order valence-corrected chi connectivity index (χ3v) is 5.37. The van der Waals surface area contributed by atoms with Crippen LogP contribution in [0.25, 0.3) is 0 Å². The van der Waals surface area contributed by atoms with E-state index >= 15 is 0 Å². The molecule has 2 aromatic heterocycles. The molecule has 128 valence electrons. The van der Waals surface area contributed by atoms with Crippen LogP contribution in [0.2, 0.25) is 0 Å². The van der Waals surface area contributed by atoms with Gasteiger partial charge in [-0.3, -0.25) is 4.79 Å². The fraction of sp³-hybridized carbons (Fsp3) is 0.611. The molecular weight excluding hydrogens is 302 g/mol. The van der Waals surface area contributed by atoms with Crippen LogP contribution in [0.4, 0.5) is 0 Å². The first kappa shape index (κ1) is 15.6. The van der Waals surface area contributed by atoms with Crippen LogP contribution < -0.4 is 10.9 Å². The predicted octanol–water partition coefficient (Wildman–Crippen LogP) is 2.13. The Bertz CT molecular complexity index is 753. The minimum absolute atomic E-state index is 0.0469. The number of aryl methyl sites for hydroxylation is 1. The van der Waals surface area contributed by atoms with Gasteiger partial charge in [0.25, 0.3) is 5.56 Å². The Hall–Kier alpha value is -1.95. The average Bonchev–Trinajstić information content (AvgIpc) is 3.37. The number of nitrogens with zero attached hydrogens (tertiary/aromatic N) is 4. The first-order valence-electron chi connectivity index (χ1n) is 8.99. The lowest BCUT2D eigenvalue weighted by molar-refractivity contribution is 0.266. The molecular formula is C18H25N5O. The van der Waals surface area contributed by atoms with Crippen LogP contribution >= 0.6 is 0 Å². The molecule has 0 aromatic carbocycles. The van der Waals surface area contributed by atoms with E-state index in [4.69, 9.17) is 0 Å². The summed E-state index contributed by atoms with van der Waals surface area (Å²) in [7, 11) is 2.02. The highest BCUT2D eigenvalue weighted by atomic mass is 16.1. The summed E-state index contributed by atoms with van der Waals surface area (Å²) in [6.45, 7) is 0.848. The van der Waals surface area contributed by atoms with Crippen LogP contribution in [0.1, 0.15) is 61.9 Å². The summed E-state index contributed by atoms with van der Waals surface area (Å²) < 4.78 is 3.80. The smallest absolute Gasteiger partial charge is 0.267 e. The fourth-order valence-corrected chi connectivity index (χ4v) is 3.63. The Kier molecular flexibility index (Phi) is 4.22. The van der Waals surface area contributed by atoms with Crippen molar-refractivity contribution in [3.8, 4) is 0 Å². The van der Waals surface area contributed by atoms with Crippen molar-refractivity contribution in [2.45, 2.75) is 63.1 Å². The third kappa shape index (κ3) is 3.29. The van der Waals surface area contributed by atoms with Crippen molar-refractivity contribution in [3.63, 3.8) is 0 Å². The Labute approximate surface area is 141 Å². The normalized spacial score (nSPS) is 24.2. The molecule has 2 aliphatic carbocycles. The van der Waals surface area contributed by atoms with Gasteiger partial charge in [-0.1, -0.05) is 0 Å². The van der Waals surface area contributed by atoms with E-state index in [1.165, 1.54) is 18.5 Å². The molecule has 2 heterocycles. The molecule has 0 aliphatic heterocycles. The van der Waals surface area contributed by atoms with Gasteiger partial charge in [0.15, 0.2) is 0 Å². The zero-order chi connectivity index (χ0) is 16.5. The molecule has 24 heavy (non-hydrogen) atoms. The van der Waals surface area contributed by atoms with Gasteiger partial charge in [0.05, 0.1) is 23.8 Å². The van der Waals surface area contributed by atoms with Crippen molar-refractivity contribution >= 4 is 0 Å². The lowest BCUT2D eigenvalue weighted by atomic mass is 9.91. The lowest BCUT2D eigenvalue weighted by Gasteiger charge is -2.29. The highest BCUT2D eigenvalue weighted by Gasteiger charge is 2.28. The summed E-state index contributed by atoms with van der Waals surface area (Å²) in [4.78, 5) is 16.3. The van der Waals surface area contributed by atoms with E-state index in [9.17, 15) is 4.79 Å². The summed E-state index contributed by atoms with van der Waals surface area (Å²) in [6.07, 6.45) is 10.4. The van der Waals surface area contributed by atoms with Gasteiger partial charge < -0.3 is 9.88 Å². The Balaban J connectivity index is 1.35. The monoisotopic (exact) mass is 327 g/mol. The second-order valence-electron chi connectivity index (χ2n) is 7.20. The number of hydrogen-bond acceptors (Lipinski definition) is 4. The molecule has 6 heteroatoms. The maximum absolute atomic E-state index is 12.2. The first-order chi connectivity index (χ1) is 11.7. The van der Waals surface area contributed by atoms with E-state index in [1.54, 1.807) is 10.7 Å². The number of imidazole rings is 1. The Morgan fingerprint density at radius 1 is 1.17 bits per heavy atom. The molecule has 2 aliphatic rings. The average molecular weight is 327 g/mol. The Morgan fingerprint density at radius 3 is 2.62 bits per heavy atom. The minimum atomic E-state index is 0.0469. The van der Waals surface area contributed by atoms with Gasteiger partial charge in [-0.15, -0.1) is 0 Å². The fourth-order valence-electron chi connectivity index (χ4n) is 3.63. The predicted molar refractivity (Wildman–Crippen MR) is 91.8 cm³/mol. The van der Waals surface area contributed by atoms with Gasteiger partial charge in [-0.05, 0) is 44.6 Å². The van der Waals surface area contributed by atoms with Crippen molar-refractivity contribution < 1.29 is 0 Å². The lowest BCUT2D eigenvalue weighted by Crippen LogP contribution is -2.36. The molecule has 0 amide bonds. The summed E-state index contributed by atoms with van der Waals surface area (Å²) in [6, 6.07) is 4.38. The van der Waals surface area contributed by atoms with Crippen LogP contribution in [0.5, 0.6) is 0 Å². The molecule has 0 radical (unpaired) electrons. The van der Waals surface area contributed by atoms with Crippen LogP contribution in [0.3, 0.4) is 0 Å². The molecule has 0 atom stereocenters. The second-order valence-corrected chi connectivity index (χ2v) is 7.20. The van der Waals surface area contributed by atoms with Crippen molar-refractivity contribution in [3.05, 3.63) is 46.4 Å². The van der Waals surface area contributed by atoms with Gasteiger partial charge in [-0.2, -0.15) is 5.10 Å². The van der Waals surface area contributed by atoms with E-state index in [-0.39, 0.29) is 11.6 Å². The van der Waals surface area contributed by atoms with Gasteiger partial charge in [0.2, 0.25) is 0 Å². The zero-order valence-electron chi connectivity index (χ0n) is 14.2. The van der Waals surface area contributed by atoms with Crippen LogP contribution in [-0.2, 0) is 13.6 Å². The standard InChI is InChI=1S/C18H25N5O/c1-22-12-19-10-16(22)11-20-14-4-6-15(7-5-14)23-18(24)9-8-17(21-23)13-2-3-13/h8-10,12-15,20H,2-7,11H2,1H3. The number of nitrogens with one attached hydrogen (secondary N) is 1. The highest BCUT2D eigenvalue weighted by molar-refractivity contribution is 5.13. The molecule has 0 bridgehead atoms. The second kappa shape index (κ2) is 6.51. The highest BCUT2D eigenvalue weighted by Crippen LogP contribution is 2.38. The zero-order valence-corrected chi connectivity index (χ0v) is 14.2. The molecule has 6 nitrogen and oxygen atoms in total. The topological polar surface area (TPSA) is 64.7 Å². The van der Waals surface area contributed by atoms with Crippen molar-refractivity contribution in [2.75, 3.05) is 0 Å². The molecule has 4 rings (SSSR count). The van der Waals surface area contributed by atoms with Crippen molar-refractivity contribution in [1.29, 1.82) is 0 Å². The third-order valence-electron chi connectivity index (χ3n) is 5.37. The van der Waals surface area contributed by atoms with E-state index in [0.717, 1.165) is 37.9 Å². The quantitative estimate of drug-likeness (QED) is 0.914. The van der Waals surface area contributed by atoms with Crippen molar-refractivity contribution in [1.82, 2.24) is 24.6 Å². The summed E-state index contributed by atoms with van der Waals surface area (Å²) in [5.41, 5.74) is 2.35. The minimum Gasteiger partial charge on any atom is -0.337 e. The SMILES string of the molecule is Cn1cncc1CNC1CCC(n2nc(C3CC3)ccc2=O)CC1. The summed E-state index contributed by atoms with van der Waals surface area (Å²) in [5, 5.41) is 8.28. The molecule has 0 unspecified atom stereocenters. The summed E-state index contributed by atoms with van der Waals surface area (Å²) >= 11 is 0. The molecule has 2 aromatic rings. The molecule has 0 spiro atoms. The molecule has 0 saturated heterocycles. The van der Waals surface area contributed by atoms with Gasteiger partial charge >= 0.3 is 0 Å². The van der Waals surface area contributed by atoms with Gasteiger partial charge in [0, 0.05) is 37.8 Å². The first-order valence-corrected chi connectivity index (χ1v) is 8.99. The number of hydrogen-bond donors (Lipinski definition) is 1. The van der Waals surface area contributed by atoms with E-state index in [0.29, 0.717) is 12.0 Å². The van der Waals surface area contributed by atoms with Gasteiger partial charge in [-0.25, -0.2) is 9.67 Å². The molecule has 1 N–H and O–H groups in total. The van der Waals surface area contributed by atoms with Crippen molar-refractivity contribution in [2.24, 2.45) is 7.05 Å². The molecule has 2 fully saturated rings. The summed E-state index contributed by atoms with van der Waals surface area (Å²) in [5.74, 6) is 0.591. The van der Waals surface area contributed by atoms with Crippen LogP contribution in [0, 0.1) is 0 Å². The maximum atomic E-state index is 12.2.